The number of benzene rings is 1. The highest BCUT2D eigenvalue weighted by molar-refractivity contribution is 5.47. The summed E-state index contributed by atoms with van der Waals surface area (Å²) in [7, 11) is 0. The standard InChI is InChI=1S/C11H14N2O/c1-11(2,14)8-13-10-5-3-9(7-12)4-6-10/h3-6,13-14H,8H2,1-2H3/i14T. The van der Waals surface area contributed by atoms with Gasteiger partial charge in [0.1, 0.15) is 0 Å². The quantitative estimate of drug-likeness (QED) is 0.764. The van der Waals surface area contributed by atoms with Crippen LogP contribution in [0.4, 0.5) is 5.69 Å². The van der Waals surface area contributed by atoms with E-state index in [0.717, 1.165) is 5.69 Å². The molecule has 14 heavy (non-hydrogen) atoms. The zero-order valence-corrected chi connectivity index (χ0v) is 8.37. The largest absolute Gasteiger partial charge is 0.389 e. The van der Waals surface area contributed by atoms with Gasteiger partial charge in [0, 0.05) is 12.2 Å². The Morgan fingerprint density at radius 3 is 2.64 bits per heavy atom. The normalized spacial score (nSPS) is 11.6. The molecule has 3 nitrogen and oxygen atoms in total. The molecule has 0 heterocycles. The maximum Gasteiger partial charge on any atom is 0.211 e. The zero-order valence-electron chi connectivity index (χ0n) is 9.37. The Morgan fingerprint density at radius 2 is 2.14 bits per heavy atom. The highest BCUT2D eigenvalue weighted by Crippen LogP contribution is 2.10. The molecule has 0 spiro atoms. The smallest absolute Gasteiger partial charge is 0.211 e. The van der Waals surface area contributed by atoms with E-state index in [2.05, 4.69) is 16.5 Å². The number of rotatable bonds is 4. The van der Waals surface area contributed by atoms with E-state index in [1.165, 1.54) is 0 Å². The lowest BCUT2D eigenvalue weighted by atomic mass is 10.1. The van der Waals surface area contributed by atoms with E-state index >= 15 is 0 Å². The first kappa shape index (κ1) is 9.04. The van der Waals surface area contributed by atoms with Crippen LogP contribution in [0.25, 0.3) is 0 Å². The molecule has 1 rings (SSSR count). The minimum absolute atomic E-state index is 0.520. The van der Waals surface area contributed by atoms with Crippen LogP contribution in [0.1, 0.15) is 19.4 Å². The van der Waals surface area contributed by atoms with E-state index in [1.54, 1.807) is 12.1 Å². The van der Waals surface area contributed by atoms with Crippen LogP contribution in [0, 0.1) is 11.3 Å². The van der Waals surface area contributed by atoms with Gasteiger partial charge >= 0.3 is 0 Å². The Labute approximate surface area is 85.5 Å². The molecular formula is C11H14N2O. The Kier molecular flexibility index (Phi) is 2.66. The minimum atomic E-state index is -0.520. The van der Waals surface area contributed by atoms with Crippen molar-refractivity contribution < 1.29 is 5.11 Å². The van der Waals surface area contributed by atoms with Crippen LogP contribution < -0.4 is 5.32 Å². The highest BCUT2D eigenvalue weighted by Gasteiger charge is 2.11. The van der Waals surface area contributed by atoms with Gasteiger partial charge in [-0.2, -0.15) is 5.26 Å². The molecule has 0 atom stereocenters. The molecule has 0 saturated carbocycles. The third kappa shape index (κ3) is 3.46. The van der Waals surface area contributed by atoms with Gasteiger partial charge in [0.15, 0.2) is 0 Å². The molecule has 0 saturated heterocycles. The molecule has 0 aliphatic rings. The van der Waals surface area contributed by atoms with E-state index in [-0.39, 0.29) is 0 Å². The Balaban J connectivity index is 2.56. The topological polar surface area (TPSA) is 56.0 Å². The van der Waals surface area contributed by atoms with Crippen LogP contribution in [0.3, 0.4) is 0 Å². The second-order valence-corrected chi connectivity index (χ2v) is 3.80. The monoisotopic (exact) mass is 192 g/mol. The van der Waals surface area contributed by atoms with Gasteiger partial charge in [0.25, 0.3) is 0 Å². The number of aliphatic hydroxyl groups is 1. The van der Waals surface area contributed by atoms with Gasteiger partial charge in [-0.05, 0) is 38.1 Å². The number of hydrogen-bond acceptors (Lipinski definition) is 3. The van der Waals surface area contributed by atoms with E-state index in [9.17, 15) is 0 Å². The van der Waals surface area contributed by atoms with E-state index < -0.39 is 5.60 Å². The molecule has 0 unspecified atom stereocenters. The van der Waals surface area contributed by atoms with Crippen molar-refractivity contribution in [1.82, 2.24) is 0 Å². The predicted octanol–water partition coefficient (Wildman–Crippen LogP) is 1.74. The molecule has 0 aromatic heterocycles. The Hall–Kier alpha value is -1.53. The van der Waals surface area contributed by atoms with Crippen LogP contribution in [0.5, 0.6) is 0 Å². The van der Waals surface area contributed by atoms with Crippen molar-refractivity contribution in [2.75, 3.05) is 11.9 Å². The second-order valence-electron chi connectivity index (χ2n) is 3.80. The van der Waals surface area contributed by atoms with E-state index in [1.807, 2.05) is 26.0 Å². The summed E-state index contributed by atoms with van der Waals surface area (Å²) in [5, 5.41) is 16.3. The van der Waals surface area contributed by atoms with Crippen molar-refractivity contribution in [2.24, 2.45) is 0 Å². The first-order chi connectivity index (χ1) is 7.07. The molecule has 1 aromatic rings. The highest BCUT2D eigenvalue weighted by atomic mass is 16.3. The summed E-state index contributed by atoms with van der Waals surface area (Å²) in [4.78, 5) is 0. The summed E-state index contributed by atoms with van der Waals surface area (Å²) in [6.45, 7) is 4.20. The number of nitriles is 1. The van der Waals surface area contributed by atoms with Crippen LogP contribution in [-0.2, 0) is 0 Å². The summed E-state index contributed by atoms with van der Waals surface area (Å²) >= 11 is 0. The third-order valence-electron chi connectivity index (χ3n) is 1.73. The molecule has 3 heteroatoms. The van der Waals surface area contributed by atoms with Crippen molar-refractivity contribution in [3.8, 4) is 6.07 Å². The third-order valence-corrected chi connectivity index (χ3v) is 1.73. The lowest BCUT2D eigenvalue weighted by Gasteiger charge is -2.18. The van der Waals surface area contributed by atoms with Crippen LogP contribution in [0.2, 0.25) is 0 Å². The van der Waals surface area contributed by atoms with Crippen molar-refractivity contribution in [2.45, 2.75) is 19.4 Å². The molecule has 74 valence electrons. The number of nitrogens with one attached hydrogen (secondary N) is 1. The first-order valence-electron chi connectivity index (χ1n) is 4.86. The van der Waals surface area contributed by atoms with E-state index in [4.69, 9.17) is 6.69 Å². The number of nitrogens with zero attached hydrogens (tertiary/aromatic N) is 1. The molecule has 0 amide bonds. The Bertz CT molecular complexity index is 354. The molecule has 2 N–H and O–H groups in total. The van der Waals surface area contributed by atoms with Crippen LogP contribution in [-0.4, -0.2) is 18.7 Å². The van der Waals surface area contributed by atoms with Crippen LogP contribution >= 0.6 is 0 Å². The fourth-order valence-corrected chi connectivity index (χ4v) is 0.978. The maximum atomic E-state index is 8.61. The van der Waals surface area contributed by atoms with E-state index in [0.29, 0.717) is 12.1 Å². The van der Waals surface area contributed by atoms with Crippen molar-refractivity contribution >= 4 is 5.69 Å². The fraction of sp³-hybridized carbons (Fsp3) is 0.364. The summed E-state index contributed by atoms with van der Waals surface area (Å²) in [6, 6.07) is 9.21. The number of hydrogen-bond donors (Lipinski definition) is 2. The molecule has 1 aromatic carbocycles. The van der Waals surface area contributed by atoms with Crippen molar-refractivity contribution in [1.29, 1.82) is 6.69 Å². The van der Waals surface area contributed by atoms with Gasteiger partial charge in [0.05, 0.1) is 17.2 Å². The summed E-state index contributed by atoms with van der Waals surface area (Å²) < 4.78 is 6.85. The first-order valence-corrected chi connectivity index (χ1v) is 4.46. The van der Waals surface area contributed by atoms with Gasteiger partial charge in [-0.25, -0.2) is 0 Å². The summed E-state index contributed by atoms with van der Waals surface area (Å²) in [5.74, 6) is 0. The molecular weight excluding hydrogens is 176 g/mol. The average molecular weight is 192 g/mol. The van der Waals surface area contributed by atoms with Gasteiger partial charge in [0.2, 0.25) is 1.43 Å². The SMILES string of the molecule is [3H]OC(C)(C)CNc1ccc(C#N)cc1. The van der Waals surface area contributed by atoms with Gasteiger partial charge in [-0.15, -0.1) is 0 Å². The minimum Gasteiger partial charge on any atom is -0.389 e. The summed E-state index contributed by atoms with van der Waals surface area (Å²) in [6.07, 6.45) is 0. The average Bonchev–Trinajstić information content (AvgIpc) is 2.27. The fourth-order valence-electron chi connectivity index (χ4n) is 0.978. The molecule has 0 aliphatic carbocycles. The van der Waals surface area contributed by atoms with Gasteiger partial charge in [-0.1, -0.05) is 0 Å². The molecule has 0 aliphatic heterocycles. The van der Waals surface area contributed by atoms with Gasteiger partial charge in [-0.3, -0.25) is 0 Å². The van der Waals surface area contributed by atoms with Crippen molar-refractivity contribution in [3.05, 3.63) is 29.8 Å². The second kappa shape index (κ2) is 4.12. The molecule has 0 radical (unpaired) electrons. The molecule has 0 fully saturated rings. The Morgan fingerprint density at radius 1 is 1.50 bits per heavy atom. The number of anilines is 1. The maximum absolute atomic E-state index is 8.61. The lowest BCUT2D eigenvalue weighted by molar-refractivity contribution is 0.0945. The lowest BCUT2D eigenvalue weighted by Crippen LogP contribution is -2.29. The van der Waals surface area contributed by atoms with Gasteiger partial charge < -0.3 is 10.4 Å². The van der Waals surface area contributed by atoms with Crippen LogP contribution in [0.15, 0.2) is 24.3 Å². The molecule has 0 bridgehead atoms. The van der Waals surface area contributed by atoms with Crippen molar-refractivity contribution in [3.63, 3.8) is 0 Å². The zero-order chi connectivity index (χ0) is 11.3. The summed E-state index contributed by atoms with van der Waals surface area (Å²) in [5.41, 5.74) is 1.03. The predicted molar refractivity (Wildman–Crippen MR) is 55.9 cm³/mol.